The Kier molecular flexibility index (Phi) is 6.63. The number of esters is 1. The predicted molar refractivity (Wildman–Crippen MR) is 90.5 cm³/mol. The van der Waals surface area contributed by atoms with E-state index >= 15 is 0 Å². The SMILES string of the molecule is COC[C@H](C)Oc1ccc(OCc2ccccc2)cc1C(=O)OC. The molecule has 0 aliphatic rings. The van der Waals surface area contributed by atoms with Crippen molar-refractivity contribution in [1.29, 1.82) is 0 Å². The molecule has 1 atom stereocenters. The van der Waals surface area contributed by atoms with Crippen LogP contribution in [0.2, 0.25) is 0 Å². The Bertz CT molecular complexity index is 654. The van der Waals surface area contributed by atoms with Gasteiger partial charge < -0.3 is 18.9 Å². The molecule has 5 nitrogen and oxygen atoms in total. The maximum atomic E-state index is 12.0. The van der Waals surface area contributed by atoms with E-state index < -0.39 is 5.97 Å². The molecule has 2 aromatic carbocycles. The molecular formula is C19H22O5. The van der Waals surface area contributed by atoms with Crippen LogP contribution in [0.4, 0.5) is 0 Å². The molecule has 0 aliphatic heterocycles. The Morgan fingerprint density at radius 2 is 1.83 bits per heavy atom. The lowest BCUT2D eigenvalue weighted by molar-refractivity contribution is 0.0581. The average molecular weight is 330 g/mol. The minimum Gasteiger partial charge on any atom is -0.489 e. The van der Waals surface area contributed by atoms with Crippen LogP contribution in [-0.2, 0) is 16.1 Å². The molecule has 5 heteroatoms. The summed E-state index contributed by atoms with van der Waals surface area (Å²) in [5, 5.41) is 0. The van der Waals surface area contributed by atoms with E-state index in [9.17, 15) is 4.79 Å². The van der Waals surface area contributed by atoms with Gasteiger partial charge in [0.25, 0.3) is 0 Å². The van der Waals surface area contributed by atoms with E-state index in [4.69, 9.17) is 18.9 Å². The first-order chi connectivity index (χ1) is 11.6. The molecule has 0 heterocycles. The van der Waals surface area contributed by atoms with Gasteiger partial charge in [-0.1, -0.05) is 30.3 Å². The van der Waals surface area contributed by atoms with Crippen LogP contribution in [0.3, 0.4) is 0 Å². The summed E-state index contributed by atoms with van der Waals surface area (Å²) in [5.41, 5.74) is 1.37. The second kappa shape index (κ2) is 8.93. The third-order valence-electron chi connectivity index (χ3n) is 3.33. The van der Waals surface area contributed by atoms with Gasteiger partial charge in [-0.2, -0.15) is 0 Å². The van der Waals surface area contributed by atoms with Crippen molar-refractivity contribution in [3.8, 4) is 11.5 Å². The Morgan fingerprint density at radius 3 is 2.50 bits per heavy atom. The standard InChI is InChI=1S/C19H22O5/c1-14(12-21-2)24-18-10-9-16(11-17(18)19(20)22-3)23-13-15-7-5-4-6-8-15/h4-11,14H,12-13H2,1-3H3/t14-/m0/s1. The van der Waals surface area contributed by atoms with Gasteiger partial charge in [0.2, 0.25) is 0 Å². The van der Waals surface area contributed by atoms with Gasteiger partial charge in [0.05, 0.1) is 13.7 Å². The van der Waals surface area contributed by atoms with Gasteiger partial charge >= 0.3 is 5.97 Å². The lowest BCUT2D eigenvalue weighted by atomic mass is 10.2. The largest absolute Gasteiger partial charge is 0.489 e. The molecular weight excluding hydrogens is 308 g/mol. The smallest absolute Gasteiger partial charge is 0.341 e. The molecule has 0 amide bonds. The van der Waals surface area contributed by atoms with Gasteiger partial charge in [0.15, 0.2) is 0 Å². The quantitative estimate of drug-likeness (QED) is 0.694. The fraction of sp³-hybridized carbons (Fsp3) is 0.316. The molecule has 24 heavy (non-hydrogen) atoms. The summed E-state index contributed by atoms with van der Waals surface area (Å²) >= 11 is 0. The molecule has 0 saturated heterocycles. The maximum absolute atomic E-state index is 12.0. The van der Waals surface area contributed by atoms with E-state index in [0.717, 1.165) is 5.56 Å². The fourth-order valence-electron chi connectivity index (χ4n) is 2.20. The topological polar surface area (TPSA) is 54.0 Å². The molecule has 0 spiro atoms. The molecule has 128 valence electrons. The Labute approximate surface area is 142 Å². The fourth-order valence-corrected chi connectivity index (χ4v) is 2.20. The van der Waals surface area contributed by atoms with Gasteiger partial charge in [-0.3, -0.25) is 0 Å². The van der Waals surface area contributed by atoms with Crippen LogP contribution in [0.1, 0.15) is 22.8 Å². The predicted octanol–water partition coefficient (Wildman–Crippen LogP) is 3.47. The second-order valence-corrected chi connectivity index (χ2v) is 5.31. The number of carbonyl (C=O) groups excluding carboxylic acids is 1. The summed E-state index contributed by atoms with van der Waals surface area (Å²) in [7, 11) is 2.93. The van der Waals surface area contributed by atoms with Crippen molar-refractivity contribution < 1.29 is 23.7 Å². The number of hydrogen-bond donors (Lipinski definition) is 0. The molecule has 0 aliphatic carbocycles. The summed E-state index contributed by atoms with van der Waals surface area (Å²) < 4.78 is 21.4. The maximum Gasteiger partial charge on any atom is 0.341 e. The van der Waals surface area contributed by atoms with Crippen LogP contribution in [0.25, 0.3) is 0 Å². The van der Waals surface area contributed by atoms with Gasteiger partial charge in [0, 0.05) is 7.11 Å². The van der Waals surface area contributed by atoms with Gasteiger partial charge in [-0.25, -0.2) is 4.79 Å². The van der Waals surface area contributed by atoms with Crippen LogP contribution in [0, 0.1) is 0 Å². The highest BCUT2D eigenvalue weighted by atomic mass is 16.5. The van der Waals surface area contributed by atoms with E-state index in [-0.39, 0.29) is 6.10 Å². The van der Waals surface area contributed by atoms with Crippen LogP contribution >= 0.6 is 0 Å². The first-order valence-electron chi connectivity index (χ1n) is 7.68. The van der Waals surface area contributed by atoms with Crippen LogP contribution in [0.5, 0.6) is 11.5 Å². The summed E-state index contributed by atoms with van der Waals surface area (Å²) in [4.78, 5) is 12.0. The zero-order valence-corrected chi connectivity index (χ0v) is 14.2. The normalized spacial score (nSPS) is 11.6. The minimum atomic E-state index is -0.472. The lowest BCUT2D eigenvalue weighted by Crippen LogP contribution is -2.19. The number of benzene rings is 2. The Morgan fingerprint density at radius 1 is 1.08 bits per heavy atom. The van der Waals surface area contributed by atoms with Crippen molar-refractivity contribution in [2.45, 2.75) is 19.6 Å². The van der Waals surface area contributed by atoms with E-state index in [2.05, 4.69) is 0 Å². The average Bonchev–Trinajstić information content (AvgIpc) is 2.61. The third kappa shape index (κ3) is 4.99. The summed E-state index contributed by atoms with van der Waals surface area (Å²) in [6.45, 7) is 2.71. The van der Waals surface area contributed by atoms with Crippen LogP contribution in [-0.4, -0.2) is 32.9 Å². The molecule has 0 radical (unpaired) electrons. The van der Waals surface area contributed by atoms with Crippen LogP contribution in [0.15, 0.2) is 48.5 Å². The van der Waals surface area contributed by atoms with Gasteiger partial charge in [-0.05, 0) is 30.7 Å². The highest BCUT2D eigenvalue weighted by Crippen LogP contribution is 2.26. The molecule has 0 bridgehead atoms. The third-order valence-corrected chi connectivity index (χ3v) is 3.33. The molecule has 2 rings (SSSR count). The van der Waals surface area contributed by atoms with Crippen molar-refractivity contribution in [2.75, 3.05) is 20.8 Å². The molecule has 0 fully saturated rings. The highest BCUT2D eigenvalue weighted by molar-refractivity contribution is 5.93. The zero-order valence-electron chi connectivity index (χ0n) is 14.2. The van der Waals surface area contributed by atoms with Gasteiger partial charge in [-0.15, -0.1) is 0 Å². The number of hydrogen-bond acceptors (Lipinski definition) is 5. The van der Waals surface area contributed by atoms with Crippen molar-refractivity contribution in [1.82, 2.24) is 0 Å². The summed E-state index contributed by atoms with van der Waals surface area (Å²) in [5.74, 6) is 0.546. The van der Waals surface area contributed by atoms with Crippen molar-refractivity contribution in [3.05, 3.63) is 59.7 Å². The minimum absolute atomic E-state index is 0.186. The highest BCUT2D eigenvalue weighted by Gasteiger charge is 2.17. The van der Waals surface area contributed by atoms with Crippen molar-refractivity contribution >= 4 is 5.97 Å². The monoisotopic (exact) mass is 330 g/mol. The Hall–Kier alpha value is -2.53. The second-order valence-electron chi connectivity index (χ2n) is 5.31. The van der Waals surface area contributed by atoms with Crippen molar-refractivity contribution in [2.24, 2.45) is 0 Å². The number of rotatable bonds is 8. The Balaban J connectivity index is 2.14. The molecule has 0 saturated carbocycles. The number of ether oxygens (including phenoxy) is 4. The number of methoxy groups -OCH3 is 2. The zero-order chi connectivity index (χ0) is 17.4. The molecule has 2 aromatic rings. The summed E-state index contributed by atoms with van der Waals surface area (Å²) in [6.07, 6.45) is -0.186. The molecule has 0 unspecified atom stereocenters. The van der Waals surface area contributed by atoms with E-state index in [1.807, 2.05) is 37.3 Å². The van der Waals surface area contributed by atoms with Crippen molar-refractivity contribution in [3.63, 3.8) is 0 Å². The first-order valence-corrected chi connectivity index (χ1v) is 7.68. The lowest BCUT2D eigenvalue weighted by Gasteiger charge is -2.17. The molecule has 0 aromatic heterocycles. The molecule has 0 N–H and O–H groups in total. The summed E-state index contributed by atoms with van der Waals surface area (Å²) in [6, 6.07) is 14.9. The van der Waals surface area contributed by atoms with Crippen LogP contribution < -0.4 is 9.47 Å². The van der Waals surface area contributed by atoms with E-state index in [0.29, 0.717) is 30.3 Å². The van der Waals surface area contributed by atoms with E-state index in [1.165, 1.54) is 7.11 Å². The number of carbonyl (C=O) groups is 1. The first kappa shape index (κ1) is 17.8. The van der Waals surface area contributed by atoms with Gasteiger partial charge in [0.1, 0.15) is 29.8 Å². The van der Waals surface area contributed by atoms with E-state index in [1.54, 1.807) is 25.3 Å².